The molecule has 380 valence electrons. The van der Waals surface area contributed by atoms with Gasteiger partial charge in [0.1, 0.15) is 35.4 Å². The lowest BCUT2D eigenvalue weighted by molar-refractivity contribution is -0.164. The van der Waals surface area contributed by atoms with E-state index in [0.29, 0.717) is 12.8 Å². The Morgan fingerprint density at radius 3 is 1.80 bits per heavy atom. The molecule has 4 N–H and O–H groups in total. The van der Waals surface area contributed by atoms with Crippen molar-refractivity contribution in [3.05, 3.63) is 0 Å². The molecule has 1 saturated heterocycles. The van der Waals surface area contributed by atoms with Crippen LogP contribution in [0.2, 0.25) is 18.1 Å². The zero-order valence-corrected chi connectivity index (χ0v) is 44.4. The first-order chi connectivity index (χ1) is 30.3. The van der Waals surface area contributed by atoms with Gasteiger partial charge in [0, 0.05) is 33.6 Å². The number of nitrogens with zero attached hydrogens (tertiary/aromatic N) is 3. The lowest BCUT2D eigenvalue weighted by atomic mass is 9.94. The second kappa shape index (κ2) is 25.6. The first-order valence-corrected chi connectivity index (χ1v) is 26.1. The Morgan fingerprint density at radius 2 is 1.30 bits per heavy atom. The molecular weight excluding hydrogens is 871 g/mol. The molecule has 7 amide bonds. The summed E-state index contributed by atoms with van der Waals surface area (Å²) in [5, 5.41) is 5.45. The standard InChI is InChI=1S/C46H85N7O12Si/c1-19-30(7)35(40(58)52(18)36(29(5)6)41(59)51(17)31(8)37(55)49-50-43(61)64-45(12,13)14)48-38(56)32-24-23-27-53(32)39(57)33(28-46(15,16)65-66(20-2,21-3)22-4)62-34(54)25-26-47-42(60)63-44(9,10)11/h29-33,35-36H,19-28H2,1-18H3,(H,47,60)(H,48,56)(H,49,55)(H,50,61)/t30-,31-,32-,33+,35-,36-/m0/s1. The summed E-state index contributed by atoms with van der Waals surface area (Å²) < 4.78 is 23.1. The van der Waals surface area contributed by atoms with Crippen molar-refractivity contribution in [3.63, 3.8) is 0 Å². The minimum Gasteiger partial charge on any atom is -0.452 e. The summed E-state index contributed by atoms with van der Waals surface area (Å²) in [6.07, 6.45) is -1.91. The van der Waals surface area contributed by atoms with Gasteiger partial charge in [-0.3, -0.25) is 34.2 Å². The van der Waals surface area contributed by atoms with E-state index < -0.39 is 115 Å². The predicted octanol–water partition coefficient (Wildman–Crippen LogP) is 5.41. The van der Waals surface area contributed by atoms with Crippen LogP contribution in [0.3, 0.4) is 0 Å². The summed E-state index contributed by atoms with van der Waals surface area (Å²) in [5.74, 6) is -4.51. The number of carbonyl (C=O) groups is 8. The molecule has 19 nitrogen and oxygen atoms in total. The van der Waals surface area contributed by atoms with Gasteiger partial charge in [-0.2, -0.15) is 0 Å². The number of hydrogen-bond acceptors (Lipinski definition) is 12. The fourth-order valence-corrected chi connectivity index (χ4v) is 11.0. The van der Waals surface area contributed by atoms with E-state index >= 15 is 0 Å². The number of amides is 7. The van der Waals surface area contributed by atoms with Crippen LogP contribution in [-0.2, 0) is 47.4 Å². The third-order valence-electron chi connectivity index (χ3n) is 11.9. The molecule has 0 spiro atoms. The zero-order chi connectivity index (χ0) is 51.1. The van der Waals surface area contributed by atoms with Gasteiger partial charge in [0.2, 0.25) is 17.7 Å². The highest BCUT2D eigenvalue weighted by atomic mass is 28.4. The first-order valence-electron chi connectivity index (χ1n) is 23.6. The number of ether oxygens (including phenoxy) is 3. The topological polar surface area (TPSA) is 231 Å². The second-order valence-corrected chi connectivity index (χ2v) is 25.1. The van der Waals surface area contributed by atoms with Crippen molar-refractivity contribution >= 4 is 56.0 Å². The Labute approximate surface area is 395 Å². The Hall–Kier alpha value is -4.46. The maximum Gasteiger partial charge on any atom is 0.426 e. The summed E-state index contributed by atoms with van der Waals surface area (Å²) in [6, 6.07) is -1.67. The third-order valence-corrected chi connectivity index (χ3v) is 16.8. The van der Waals surface area contributed by atoms with E-state index in [-0.39, 0.29) is 32.4 Å². The van der Waals surface area contributed by atoms with Gasteiger partial charge in [-0.25, -0.2) is 15.0 Å². The van der Waals surface area contributed by atoms with Gasteiger partial charge in [0.05, 0.1) is 12.0 Å². The molecule has 1 heterocycles. The van der Waals surface area contributed by atoms with E-state index in [1.165, 1.54) is 35.7 Å². The summed E-state index contributed by atoms with van der Waals surface area (Å²) in [7, 11) is 0.686. The number of rotatable bonds is 22. The summed E-state index contributed by atoms with van der Waals surface area (Å²) in [4.78, 5) is 112. The summed E-state index contributed by atoms with van der Waals surface area (Å²) in [5.41, 5.74) is 2.00. The van der Waals surface area contributed by atoms with Gasteiger partial charge >= 0.3 is 18.2 Å². The minimum atomic E-state index is -2.20. The van der Waals surface area contributed by atoms with Gasteiger partial charge in [-0.05, 0) is 105 Å². The zero-order valence-electron chi connectivity index (χ0n) is 43.4. The van der Waals surface area contributed by atoms with E-state index in [9.17, 15) is 38.4 Å². The highest BCUT2D eigenvalue weighted by Crippen LogP contribution is 2.32. The van der Waals surface area contributed by atoms with Gasteiger partial charge in [0.15, 0.2) is 14.4 Å². The van der Waals surface area contributed by atoms with E-state index in [1.807, 2.05) is 20.8 Å². The van der Waals surface area contributed by atoms with Crippen LogP contribution in [0.25, 0.3) is 0 Å². The van der Waals surface area contributed by atoms with Gasteiger partial charge in [-0.1, -0.05) is 54.9 Å². The maximum absolute atomic E-state index is 14.6. The highest BCUT2D eigenvalue weighted by molar-refractivity contribution is 6.73. The largest absolute Gasteiger partial charge is 0.452 e. The molecule has 0 radical (unpaired) electrons. The first kappa shape index (κ1) is 59.6. The van der Waals surface area contributed by atoms with Crippen LogP contribution < -0.4 is 21.5 Å². The van der Waals surface area contributed by atoms with Crippen LogP contribution in [-0.4, -0.2) is 145 Å². The molecule has 1 aliphatic rings. The molecule has 0 aliphatic carbocycles. The van der Waals surface area contributed by atoms with Crippen molar-refractivity contribution in [1.82, 2.24) is 36.2 Å². The Morgan fingerprint density at radius 1 is 0.758 bits per heavy atom. The van der Waals surface area contributed by atoms with Crippen LogP contribution >= 0.6 is 0 Å². The molecular formula is C46H85N7O12Si. The fraction of sp³-hybridized carbons (Fsp3) is 0.826. The van der Waals surface area contributed by atoms with Gasteiger partial charge < -0.3 is 44.0 Å². The van der Waals surface area contributed by atoms with Crippen molar-refractivity contribution in [2.24, 2.45) is 11.8 Å². The molecule has 1 fully saturated rings. The average molecular weight is 956 g/mol. The normalized spacial score (nSPS) is 16.8. The molecule has 0 unspecified atom stereocenters. The van der Waals surface area contributed by atoms with Crippen LogP contribution in [0.15, 0.2) is 0 Å². The van der Waals surface area contributed by atoms with E-state index in [4.69, 9.17) is 18.6 Å². The Kier molecular flexibility index (Phi) is 23.1. The molecule has 0 aromatic carbocycles. The molecule has 20 heteroatoms. The lowest BCUT2D eigenvalue weighted by Crippen LogP contribution is -2.61. The SMILES string of the molecule is CC[C@H](C)[C@H](NC(=O)[C@@H]1CCCN1C(=O)[C@@H](CC(C)(C)O[Si](CC)(CC)CC)OC(=O)CCNC(=O)OC(C)(C)C)C(=O)N(C)[C@H](C(=O)N(C)[C@@H](C)C(=O)NNC(=O)OC(C)(C)C)C(C)C. The number of carbonyl (C=O) groups excluding carboxylic acids is 8. The summed E-state index contributed by atoms with van der Waals surface area (Å²) >= 11 is 0. The van der Waals surface area contributed by atoms with Crippen LogP contribution in [0.4, 0.5) is 9.59 Å². The number of likely N-dealkylation sites (N-methyl/N-ethyl adjacent to an activating group) is 2. The second-order valence-electron chi connectivity index (χ2n) is 20.4. The highest BCUT2D eigenvalue weighted by Gasteiger charge is 2.45. The molecule has 6 atom stereocenters. The molecule has 0 aromatic rings. The smallest absolute Gasteiger partial charge is 0.426 e. The van der Waals surface area contributed by atoms with E-state index in [2.05, 4.69) is 42.3 Å². The number of hydrazine groups is 1. The van der Waals surface area contributed by atoms with Crippen molar-refractivity contribution in [1.29, 1.82) is 0 Å². The van der Waals surface area contributed by atoms with Crippen molar-refractivity contribution in [2.75, 3.05) is 27.2 Å². The number of nitrogens with one attached hydrogen (secondary N) is 4. The molecule has 0 bridgehead atoms. The number of hydrogen-bond donors (Lipinski definition) is 4. The van der Waals surface area contributed by atoms with Crippen LogP contribution in [0.5, 0.6) is 0 Å². The van der Waals surface area contributed by atoms with Gasteiger partial charge in [0.25, 0.3) is 11.8 Å². The summed E-state index contributed by atoms with van der Waals surface area (Å²) in [6.45, 7) is 28.9. The lowest BCUT2D eigenvalue weighted by Gasteiger charge is -2.40. The quantitative estimate of drug-likeness (QED) is 0.0462. The van der Waals surface area contributed by atoms with Crippen molar-refractivity contribution in [3.8, 4) is 0 Å². The Balaban J connectivity index is 3.41. The maximum atomic E-state index is 14.6. The minimum absolute atomic E-state index is 0.00895. The molecule has 66 heavy (non-hydrogen) atoms. The van der Waals surface area contributed by atoms with Crippen LogP contribution in [0, 0.1) is 11.8 Å². The monoisotopic (exact) mass is 956 g/mol. The molecule has 1 rings (SSSR count). The molecule has 0 aromatic heterocycles. The number of alkyl carbamates (subject to hydrolysis) is 1. The van der Waals surface area contributed by atoms with Crippen molar-refractivity contribution < 1.29 is 57.0 Å². The fourth-order valence-electron chi connectivity index (χ4n) is 7.79. The van der Waals surface area contributed by atoms with Gasteiger partial charge in [-0.15, -0.1) is 0 Å². The van der Waals surface area contributed by atoms with E-state index in [1.54, 1.807) is 62.3 Å². The number of likely N-dealkylation sites (tertiary alicyclic amines) is 1. The molecule has 0 saturated carbocycles. The predicted molar refractivity (Wildman–Crippen MR) is 253 cm³/mol. The third kappa shape index (κ3) is 18.7. The van der Waals surface area contributed by atoms with Crippen molar-refractivity contribution in [2.45, 2.75) is 208 Å². The Bertz CT molecular complexity index is 1670. The molecule has 1 aliphatic heterocycles. The van der Waals surface area contributed by atoms with Crippen LogP contribution in [0.1, 0.15) is 143 Å². The van der Waals surface area contributed by atoms with E-state index in [0.717, 1.165) is 18.1 Å². The number of esters is 1. The average Bonchev–Trinajstić information content (AvgIpc) is 3.71.